The van der Waals surface area contributed by atoms with Crippen LogP contribution in [0.3, 0.4) is 0 Å². The van der Waals surface area contributed by atoms with Crippen molar-refractivity contribution >= 4 is 10.8 Å². The number of halogens is 3. The van der Waals surface area contributed by atoms with Crippen LogP contribution in [0.5, 0.6) is 0 Å². The Morgan fingerprint density at radius 3 is 2.46 bits per heavy atom. The Morgan fingerprint density at radius 2 is 1.62 bits per heavy atom. The van der Waals surface area contributed by atoms with Crippen molar-refractivity contribution in [2.75, 3.05) is 0 Å². The number of rotatable bonds is 1. The van der Waals surface area contributed by atoms with Crippen LogP contribution < -0.4 is 0 Å². The smallest absolute Gasteiger partial charge is 0.169 e. The summed E-state index contributed by atoms with van der Waals surface area (Å²) in [5.41, 5.74) is 0.447. The highest BCUT2D eigenvalue weighted by molar-refractivity contribution is 5.84. The molecule has 0 saturated heterocycles. The minimum Gasteiger partial charge on any atom is -0.206 e. The third kappa shape index (κ3) is 2.62. The van der Waals surface area contributed by atoms with Gasteiger partial charge in [0.1, 0.15) is 5.82 Å². The van der Waals surface area contributed by atoms with E-state index in [2.05, 4.69) is 6.92 Å². The lowest BCUT2D eigenvalue weighted by Gasteiger charge is -2.41. The second kappa shape index (κ2) is 6.09. The lowest BCUT2D eigenvalue weighted by atomic mass is 9.64. The second-order valence-electron chi connectivity index (χ2n) is 7.88. The van der Waals surface area contributed by atoms with E-state index in [0.717, 1.165) is 31.1 Å². The number of benzene rings is 2. The molecule has 3 heteroatoms. The van der Waals surface area contributed by atoms with Crippen LogP contribution in [-0.4, -0.2) is 0 Å². The zero-order valence-electron chi connectivity index (χ0n) is 14.0. The summed E-state index contributed by atoms with van der Waals surface area (Å²) < 4.78 is 42.9. The number of fused-ring (bicyclic) bond motifs is 2. The molecule has 0 aliphatic heterocycles. The van der Waals surface area contributed by atoms with Gasteiger partial charge in [0, 0.05) is 0 Å². The third-order valence-corrected chi connectivity index (χ3v) is 6.34. The minimum atomic E-state index is -1.03. The molecule has 0 aromatic heterocycles. The van der Waals surface area contributed by atoms with Crippen molar-refractivity contribution < 1.29 is 13.2 Å². The summed E-state index contributed by atoms with van der Waals surface area (Å²) >= 11 is 0. The summed E-state index contributed by atoms with van der Waals surface area (Å²) in [4.78, 5) is 0. The van der Waals surface area contributed by atoms with Crippen molar-refractivity contribution in [1.82, 2.24) is 0 Å². The van der Waals surface area contributed by atoms with E-state index in [1.165, 1.54) is 25.3 Å². The zero-order chi connectivity index (χ0) is 16.8. The molecule has 0 heterocycles. The molecule has 2 saturated carbocycles. The standard InChI is InChI=1S/C21H23F3/c1-12-5-6-14-10-15(8-7-13(14)9-12)17-11-16-3-2-4-18(22)19(16)21(24)20(17)23/h2-4,11-15H,5-10H2,1H3. The van der Waals surface area contributed by atoms with Crippen LogP contribution in [0.25, 0.3) is 10.8 Å². The van der Waals surface area contributed by atoms with Crippen molar-refractivity contribution in [3.8, 4) is 0 Å². The molecule has 0 bridgehead atoms. The molecule has 0 amide bonds. The van der Waals surface area contributed by atoms with Crippen LogP contribution in [0, 0.1) is 35.2 Å². The SMILES string of the molecule is CC1CCC2CC(c3cc4cccc(F)c4c(F)c3F)CCC2C1. The van der Waals surface area contributed by atoms with Crippen LogP contribution >= 0.6 is 0 Å². The van der Waals surface area contributed by atoms with Gasteiger partial charge in [-0.3, -0.25) is 0 Å². The van der Waals surface area contributed by atoms with E-state index in [1.54, 1.807) is 18.2 Å². The van der Waals surface area contributed by atoms with E-state index in [1.807, 2.05) is 0 Å². The van der Waals surface area contributed by atoms with Gasteiger partial charge in [-0.15, -0.1) is 0 Å². The molecule has 4 atom stereocenters. The van der Waals surface area contributed by atoms with Crippen LogP contribution in [0.1, 0.15) is 56.9 Å². The number of hydrogen-bond acceptors (Lipinski definition) is 0. The molecule has 4 unspecified atom stereocenters. The minimum absolute atomic E-state index is 0.0572. The fourth-order valence-electron chi connectivity index (χ4n) is 5.06. The molecule has 0 spiro atoms. The highest BCUT2D eigenvalue weighted by Gasteiger charge is 2.36. The molecular weight excluding hydrogens is 309 g/mol. The topological polar surface area (TPSA) is 0 Å². The van der Waals surface area contributed by atoms with Gasteiger partial charge in [-0.1, -0.05) is 25.5 Å². The van der Waals surface area contributed by atoms with Gasteiger partial charge in [0.2, 0.25) is 0 Å². The molecular formula is C21H23F3. The predicted molar refractivity (Wildman–Crippen MR) is 90.4 cm³/mol. The lowest BCUT2D eigenvalue weighted by molar-refractivity contribution is 0.123. The van der Waals surface area contributed by atoms with Crippen molar-refractivity contribution in [1.29, 1.82) is 0 Å². The molecule has 2 aromatic carbocycles. The molecule has 4 rings (SSSR count). The Kier molecular flexibility index (Phi) is 4.06. The maximum absolute atomic E-state index is 14.6. The van der Waals surface area contributed by atoms with Gasteiger partial charge in [-0.2, -0.15) is 0 Å². The molecule has 24 heavy (non-hydrogen) atoms. The van der Waals surface area contributed by atoms with Crippen molar-refractivity contribution in [3.05, 3.63) is 47.3 Å². The van der Waals surface area contributed by atoms with E-state index in [0.29, 0.717) is 16.9 Å². The quantitative estimate of drug-likeness (QED) is 0.553. The average Bonchev–Trinajstić information content (AvgIpc) is 2.57. The van der Waals surface area contributed by atoms with Crippen molar-refractivity contribution in [2.45, 2.75) is 51.4 Å². The fourth-order valence-corrected chi connectivity index (χ4v) is 5.06. The summed E-state index contributed by atoms with van der Waals surface area (Å²) in [6, 6.07) is 6.07. The van der Waals surface area contributed by atoms with Crippen LogP contribution in [0.15, 0.2) is 24.3 Å². The van der Waals surface area contributed by atoms with Crippen LogP contribution in [0.2, 0.25) is 0 Å². The first-order valence-electron chi connectivity index (χ1n) is 9.10. The van der Waals surface area contributed by atoms with E-state index in [4.69, 9.17) is 0 Å². The first-order valence-corrected chi connectivity index (χ1v) is 9.10. The van der Waals surface area contributed by atoms with Gasteiger partial charge in [0.05, 0.1) is 5.39 Å². The Hall–Kier alpha value is -1.51. The summed E-state index contributed by atoms with van der Waals surface area (Å²) in [6.45, 7) is 2.31. The van der Waals surface area contributed by atoms with E-state index in [9.17, 15) is 13.2 Å². The van der Waals surface area contributed by atoms with Crippen molar-refractivity contribution in [3.63, 3.8) is 0 Å². The number of hydrogen-bond donors (Lipinski definition) is 0. The molecule has 2 aliphatic carbocycles. The first kappa shape index (κ1) is 16.0. The molecule has 0 N–H and O–H groups in total. The fraction of sp³-hybridized carbons (Fsp3) is 0.524. The average molecular weight is 332 g/mol. The molecule has 0 radical (unpaired) electrons. The van der Waals surface area contributed by atoms with Gasteiger partial charge in [0.25, 0.3) is 0 Å². The van der Waals surface area contributed by atoms with Gasteiger partial charge in [-0.25, -0.2) is 13.2 Å². The lowest BCUT2D eigenvalue weighted by Crippen LogP contribution is -2.30. The molecule has 0 nitrogen and oxygen atoms in total. The molecule has 2 aliphatic rings. The highest BCUT2D eigenvalue weighted by atomic mass is 19.2. The summed E-state index contributed by atoms with van der Waals surface area (Å²) in [5.74, 6) is -0.343. The molecule has 2 aromatic rings. The summed E-state index contributed by atoms with van der Waals surface area (Å²) in [7, 11) is 0. The third-order valence-electron chi connectivity index (χ3n) is 6.34. The van der Waals surface area contributed by atoms with Crippen molar-refractivity contribution in [2.24, 2.45) is 17.8 Å². The van der Waals surface area contributed by atoms with Crippen LogP contribution in [-0.2, 0) is 0 Å². The Labute approximate surface area is 141 Å². The maximum atomic E-state index is 14.6. The Balaban J connectivity index is 1.69. The van der Waals surface area contributed by atoms with E-state index < -0.39 is 17.5 Å². The molecule has 2 fully saturated rings. The highest BCUT2D eigenvalue weighted by Crippen LogP contribution is 2.48. The van der Waals surface area contributed by atoms with Gasteiger partial charge < -0.3 is 0 Å². The predicted octanol–water partition coefficient (Wildman–Crippen LogP) is 6.58. The first-order chi connectivity index (χ1) is 11.5. The summed E-state index contributed by atoms with van der Waals surface area (Å²) in [6.07, 6.45) is 6.67. The van der Waals surface area contributed by atoms with E-state index in [-0.39, 0.29) is 11.3 Å². The Morgan fingerprint density at radius 1 is 0.875 bits per heavy atom. The summed E-state index contributed by atoms with van der Waals surface area (Å²) in [5, 5.41) is 0.238. The van der Waals surface area contributed by atoms with Gasteiger partial charge in [0.15, 0.2) is 11.6 Å². The second-order valence-corrected chi connectivity index (χ2v) is 7.88. The molecule has 128 valence electrons. The Bertz CT molecular complexity index is 767. The zero-order valence-corrected chi connectivity index (χ0v) is 14.0. The van der Waals surface area contributed by atoms with Crippen LogP contribution in [0.4, 0.5) is 13.2 Å². The van der Waals surface area contributed by atoms with Gasteiger partial charge in [-0.05, 0) is 78.9 Å². The van der Waals surface area contributed by atoms with Gasteiger partial charge >= 0.3 is 0 Å². The largest absolute Gasteiger partial charge is 0.206 e. The normalized spacial score (nSPS) is 30.3. The van der Waals surface area contributed by atoms with E-state index >= 15 is 0 Å². The maximum Gasteiger partial charge on any atom is 0.169 e. The monoisotopic (exact) mass is 332 g/mol.